The van der Waals surface area contributed by atoms with E-state index in [-0.39, 0.29) is 69.2 Å². The number of rotatable bonds is 8. The summed E-state index contributed by atoms with van der Waals surface area (Å²) < 4.78 is 0. The third-order valence-electron chi connectivity index (χ3n) is 7.31. The molecule has 3 aliphatic heterocycles. The SMILES string of the molecule is C#CCCC[N-]Oc1ccc(C2(c3[nH]c(N)nc3-c3ccc(O)cc3)N=C3N=CC=C4c5ccccc5N=C2N43)cc1.N.[K+]. The summed E-state index contributed by atoms with van der Waals surface area (Å²) >= 11 is 0. The number of para-hydroxylation sites is 1. The minimum absolute atomic E-state index is 0. The Kier molecular flexibility index (Phi) is 9.19. The molecule has 1 atom stereocenters. The van der Waals surface area contributed by atoms with Gasteiger partial charge < -0.3 is 32.3 Å². The number of phenolic OH excluding ortho intramolecular Hbond substituents is 1. The van der Waals surface area contributed by atoms with E-state index in [4.69, 9.17) is 27.0 Å². The first kappa shape index (κ1) is 31.4. The maximum absolute atomic E-state index is 9.95. The average molecular weight is 610 g/mol. The molecule has 7 N–H and O–H groups in total. The molecule has 1 aromatic heterocycles. The molecule has 0 saturated heterocycles. The Morgan fingerprint density at radius 2 is 1.84 bits per heavy atom. The van der Waals surface area contributed by atoms with Gasteiger partial charge in [0.2, 0.25) is 5.96 Å². The monoisotopic (exact) mass is 609 g/mol. The second kappa shape index (κ2) is 12.9. The van der Waals surface area contributed by atoms with Crippen molar-refractivity contribution in [2.24, 2.45) is 15.0 Å². The number of nitrogens with one attached hydrogen (secondary N) is 1. The molecule has 11 nitrogen and oxygen atoms in total. The van der Waals surface area contributed by atoms with Crippen LogP contribution in [0.2, 0.25) is 0 Å². The number of aromatic hydroxyl groups is 1. The summed E-state index contributed by atoms with van der Waals surface area (Å²) in [5.41, 5.74) is 14.7. The van der Waals surface area contributed by atoms with Crippen LogP contribution >= 0.6 is 0 Å². The average Bonchev–Trinajstić information content (AvgIpc) is 3.57. The van der Waals surface area contributed by atoms with Crippen LogP contribution in [0, 0.1) is 12.3 Å². The largest absolute Gasteiger partial charge is 1.00 e. The molecule has 4 aromatic rings. The smallest absolute Gasteiger partial charge is 0.587 e. The van der Waals surface area contributed by atoms with Crippen molar-refractivity contribution in [3.8, 4) is 35.1 Å². The molecule has 0 radical (unpaired) electrons. The van der Waals surface area contributed by atoms with Gasteiger partial charge in [-0.3, -0.25) is 4.90 Å². The number of nitrogen functional groups attached to an aromatic ring is 1. The fourth-order valence-electron chi connectivity index (χ4n) is 5.42. The van der Waals surface area contributed by atoms with Crippen molar-refractivity contribution in [3.05, 3.63) is 101 Å². The second-order valence-corrected chi connectivity index (χ2v) is 9.91. The number of imidazole rings is 1. The first-order chi connectivity index (χ1) is 20.6. The number of hydrogen-bond acceptors (Lipinski definition) is 9. The number of allylic oxidation sites excluding steroid dienone is 1. The molecule has 12 heteroatoms. The summed E-state index contributed by atoms with van der Waals surface area (Å²) in [7, 11) is 0. The Morgan fingerprint density at radius 1 is 1.07 bits per heavy atom. The van der Waals surface area contributed by atoms with Crippen molar-refractivity contribution in [2.45, 2.75) is 18.4 Å². The van der Waals surface area contributed by atoms with Crippen molar-refractivity contribution in [2.75, 3.05) is 12.3 Å². The zero-order chi connectivity index (χ0) is 28.7. The fourth-order valence-corrected chi connectivity index (χ4v) is 5.42. The minimum atomic E-state index is -1.20. The van der Waals surface area contributed by atoms with Crippen LogP contribution in [0.15, 0.2) is 93.8 Å². The number of amidine groups is 1. The molecular formula is C32H28KN9O2. The number of unbranched alkanes of at least 4 members (excludes halogenated alkanes) is 1. The Bertz CT molecular complexity index is 1850. The van der Waals surface area contributed by atoms with E-state index in [9.17, 15) is 5.11 Å². The number of nitrogens with two attached hydrogens (primary N) is 1. The predicted octanol–water partition coefficient (Wildman–Crippen LogP) is 2.70. The number of phenols is 1. The maximum Gasteiger partial charge on any atom is 1.00 e. The van der Waals surface area contributed by atoms with Gasteiger partial charge in [-0.1, -0.05) is 36.8 Å². The normalized spacial score (nSPS) is 17.2. The van der Waals surface area contributed by atoms with Crippen LogP contribution in [0.25, 0.3) is 22.4 Å². The number of benzene rings is 3. The second-order valence-electron chi connectivity index (χ2n) is 9.91. The number of hydroxylamine groups is 1. The van der Waals surface area contributed by atoms with Crippen LogP contribution in [0.3, 0.4) is 0 Å². The van der Waals surface area contributed by atoms with Crippen molar-refractivity contribution in [1.82, 2.24) is 21.0 Å². The van der Waals surface area contributed by atoms with Crippen LogP contribution in [0.4, 0.5) is 11.6 Å². The number of nitrogens with zero attached hydrogens (tertiary/aromatic N) is 6. The number of aromatic amines is 1. The van der Waals surface area contributed by atoms with E-state index >= 15 is 0 Å². The molecule has 1 unspecified atom stereocenters. The summed E-state index contributed by atoms with van der Waals surface area (Å²) in [6.07, 6.45) is 10.4. The van der Waals surface area contributed by atoms with E-state index in [2.05, 4.69) is 26.4 Å². The van der Waals surface area contributed by atoms with Gasteiger partial charge in [0.05, 0.1) is 22.8 Å². The zero-order valence-corrected chi connectivity index (χ0v) is 27.2. The van der Waals surface area contributed by atoms with E-state index in [1.54, 1.807) is 30.5 Å². The van der Waals surface area contributed by atoms with Crippen molar-refractivity contribution < 1.29 is 61.3 Å². The molecule has 7 rings (SSSR count). The van der Waals surface area contributed by atoms with Crippen LogP contribution in [0.1, 0.15) is 29.7 Å². The molecular weight excluding hydrogens is 582 g/mol. The summed E-state index contributed by atoms with van der Waals surface area (Å²) in [5.74, 6) is 4.68. The quantitative estimate of drug-likeness (QED) is 0.103. The van der Waals surface area contributed by atoms with Gasteiger partial charge in [0, 0.05) is 23.8 Å². The van der Waals surface area contributed by atoms with Gasteiger partial charge in [-0.05, 0) is 54.1 Å². The van der Waals surface area contributed by atoms with Crippen LogP contribution < -0.4 is 68.1 Å². The number of anilines is 1. The van der Waals surface area contributed by atoms with E-state index in [0.29, 0.717) is 41.9 Å². The van der Waals surface area contributed by atoms with Crippen molar-refractivity contribution >= 4 is 35.3 Å². The summed E-state index contributed by atoms with van der Waals surface area (Å²) in [4.78, 5) is 30.6. The Morgan fingerprint density at radius 3 is 2.61 bits per heavy atom. The molecule has 44 heavy (non-hydrogen) atoms. The molecule has 0 saturated carbocycles. The van der Waals surface area contributed by atoms with Gasteiger partial charge in [-0.25, -0.2) is 20.0 Å². The summed E-state index contributed by atoms with van der Waals surface area (Å²) in [6.45, 7) is 0.505. The molecule has 0 aliphatic carbocycles. The number of aromatic nitrogens is 2. The van der Waals surface area contributed by atoms with E-state index in [1.165, 1.54) is 0 Å². The third-order valence-corrected chi connectivity index (χ3v) is 7.31. The fraction of sp³-hybridized carbons (Fsp3) is 0.125. The zero-order valence-electron chi connectivity index (χ0n) is 24.1. The summed E-state index contributed by atoms with van der Waals surface area (Å²) in [6, 6.07) is 22.3. The Labute approximate surface area is 297 Å². The van der Waals surface area contributed by atoms with Crippen LogP contribution in [-0.4, -0.2) is 44.5 Å². The summed E-state index contributed by atoms with van der Waals surface area (Å²) in [5, 5.41) is 9.95. The molecule has 3 aromatic carbocycles. The van der Waals surface area contributed by atoms with Crippen molar-refractivity contribution in [3.63, 3.8) is 0 Å². The minimum Gasteiger partial charge on any atom is -0.587 e. The van der Waals surface area contributed by atoms with Crippen LogP contribution in [0.5, 0.6) is 11.5 Å². The number of H-pyrrole nitrogens is 1. The number of terminal acetylenes is 1. The van der Waals surface area contributed by atoms with Gasteiger partial charge in [0.15, 0.2) is 17.3 Å². The number of fused-ring (bicyclic) bond motifs is 2. The number of guanidine groups is 1. The van der Waals surface area contributed by atoms with Gasteiger partial charge in [-0.2, -0.15) is 0 Å². The predicted molar refractivity (Wildman–Crippen MR) is 169 cm³/mol. The number of aliphatic imine (C=N–C) groups is 3. The molecule has 3 aliphatic rings. The molecule has 0 fully saturated rings. The molecule has 4 heterocycles. The number of hydrogen-bond donors (Lipinski definition) is 4. The van der Waals surface area contributed by atoms with E-state index in [0.717, 1.165) is 34.5 Å². The first-order valence-electron chi connectivity index (χ1n) is 13.4. The third kappa shape index (κ3) is 5.29. The molecule has 0 bridgehead atoms. The molecule has 0 spiro atoms. The standard InChI is InChI=1S/C32H25N8O2.K.H3N/c1-2-3-6-18-35-42-23-15-11-21(12-16-23)32(28-27(37-30(33)38-28)20-9-13-22(41)14-10-20)29-36-25-8-5-4-7-24(25)26-17-19-34-31(39-32)40(26)29;;/h1,4-5,7-17,19,41H,3,6,18H2,(H3,33,37,38);;1H3/q-1;+1;. The first-order valence-corrected chi connectivity index (χ1v) is 13.4. The van der Waals surface area contributed by atoms with Gasteiger partial charge in [0.25, 0.3) is 0 Å². The van der Waals surface area contributed by atoms with Crippen LogP contribution in [-0.2, 0) is 5.54 Å². The van der Waals surface area contributed by atoms with Crippen molar-refractivity contribution in [1.29, 1.82) is 0 Å². The Balaban J connectivity index is 0.00000192. The van der Waals surface area contributed by atoms with Gasteiger partial charge in [0.1, 0.15) is 11.5 Å². The van der Waals surface area contributed by atoms with Gasteiger partial charge >= 0.3 is 51.4 Å². The topological polar surface area (TPSA) is 174 Å². The van der Waals surface area contributed by atoms with E-state index < -0.39 is 5.54 Å². The maximum atomic E-state index is 9.95. The van der Waals surface area contributed by atoms with E-state index in [1.807, 2.05) is 59.5 Å². The molecule has 0 amide bonds. The van der Waals surface area contributed by atoms with Gasteiger partial charge in [-0.15, -0.1) is 18.9 Å². The molecule has 214 valence electrons. The Hall–Kier alpha value is -4.06.